The minimum atomic E-state index is -0.370. The summed E-state index contributed by atoms with van der Waals surface area (Å²) in [4.78, 5) is 14.6. The van der Waals surface area contributed by atoms with Crippen molar-refractivity contribution in [3.05, 3.63) is 21.9 Å². The standard InChI is InChI=1S/C13H20N2OS.ClH/c1-10-5-6-11(17-10)9-14-12(16)13(2)7-3-4-8-15-13;/h5-6,15H,3-4,7-9H2,1-2H3,(H,14,16);1H. The highest BCUT2D eigenvalue weighted by Gasteiger charge is 2.33. The van der Waals surface area contributed by atoms with Crippen molar-refractivity contribution in [1.82, 2.24) is 10.6 Å². The van der Waals surface area contributed by atoms with Gasteiger partial charge < -0.3 is 10.6 Å². The van der Waals surface area contributed by atoms with Crippen LogP contribution in [0.4, 0.5) is 0 Å². The second-order valence-corrected chi connectivity index (χ2v) is 6.28. The maximum absolute atomic E-state index is 12.1. The fraction of sp³-hybridized carbons (Fsp3) is 0.615. The summed E-state index contributed by atoms with van der Waals surface area (Å²) in [5, 5.41) is 6.36. The molecule has 1 aromatic heterocycles. The number of hydrogen-bond donors (Lipinski definition) is 2. The molecule has 18 heavy (non-hydrogen) atoms. The lowest BCUT2D eigenvalue weighted by atomic mass is 9.90. The van der Waals surface area contributed by atoms with E-state index in [2.05, 4.69) is 29.7 Å². The highest BCUT2D eigenvalue weighted by atomic mass is 35.5. The molecule has 0 spiro atoms. The van der Waals surface area contributed by atoms with Crippen LogP contribution in [0.5, 0.6) is 0 Å². The van der Waals surface area contributed by atoms with Crippen molar-refractivity contribution < 1.29 is 4.79 Å². The zero-order valence-corrected chi connectivity index (χ0v) is 12.5. The summed E-state index contributed by atoms with van der Waals surface area (Å²) in [6, 6.07) is 4.17. The third-order valence-electron chi connectivity index (χ3n) is 3.34. The molecular formula is C13H21ClN2OS. The summed E-state index contributed by atoms with van der Waals surface area (Å²) < 4.78 is 0. The van der Waals surface area contributed by atoms with Crippen LogP contribution in [-0.2, 0) is 11.3 Å². The molecule has 5 heteroatoms. The normalized spacial score (nSPS) is 23.2. The average Bonchev–Trinajstić information content (AvgIpc) is 2.73. The molecule has 102 valence electrons. The predicted molar refractivity (Wildman–Crippen MR) is 78.4 cm³/mol. The molecule has 1 fully saturated rings. The number of rotatable bonds is 3. The molecule has 1 atom stereocenters. The Balaban J connectivity index is 0.00000162. The number of piperidine rings is 1. The van der Waals surface area contributed by atoms with Gasteiger partial charge in [0.15, 0.2) is 0 Å². The fourth-order valence-electron chi connectivity index (χ4n) is 2.19. The molecule has 0 aromatic carbocycles. The first-order chi connectivity index (χ1) is 8.10. The van der Waals surface area contributed by atoms with Gasteiger partial charge in [0.25, 0.3) is 0 Å². The van der Waals surface area contributed by atoms with Gasteiger partial charge in [-0.15, -0.1) is 23.7 Å². The molecule has 1 amide bonds. The fourth-order valence-corrected chi connectivity index (χ4v) is 3.02. The molecule has 0 aliphatic carbocycles. The Bertz CT molecular complexity index is 399. The van der Waals surface area contributed by atoms with Crippen LogP contribution in [-0.4, -0.2) is 18.0 Å². The second kappa shape index (κ2) is 6.55. The topological polar surface area (TPSA) is 41.1 Å². The lowest BCUT2D eigenvalue weighted by Crippen LogP contribution is -2.56. The third kappa shape index (κ3) is 3.70. The molecule has 0 radical (unpaired) electrons. The highest BCUT2D eigenvalue weighted by Crippen LogP contribution is 2.19. The Morgan fingerprint density at radius 3 is 2.83 bits per heavy atom. The van der Waals surface area contributed by atoms with Gasteiger partial charge in [-0.1, -0.05) is 0 Å². The molecule has 1 aliphatic heterocycles. The van der Waals surface area contributed by atoms with Crippen molar-refractivity contribution in [3.63, 3.8) is 0 Å². The lowest BCUT2D eigenvalue weighted by molar-refractivity contribution is -0.128. The minimum Gasteiger partial charge on any atom is -0.350 e. The molecule has 1 aliphatic rings. The maximum Gasteiger partial charge on any atom is 0.240 e. The average molecular weight is 289 g/mol. The number of halogens is 1. The molecule has 2 rings (SSSR count). The monoisotopic (exact) mass is 288 g/mol. The first-order valence-electron chi connectivity index (χ1n) is 6.19. The minimum absolute atomic E-state index is 0. The van der Waals surface area contributed by atoms with Crippen LogP contribution in [0.15, 0.2) is 12.1 Å². The molecule has 0 bridgehead atoms. The third-order valence-corrected chi connectivity index (χ3v) is 4.34. The van der Waals surface area contributed by atoms with Crippen LogP contribution < -0.4 is 10.6 Å². The van der Waals surface area contributed by atoms with Crippen LogP contribution in [0.25, 0.3) is 0 Å². The Hall–Kier alpha value is -0.580. The van der Waals surface area contributed by atoms with Crippen LogP contribution >= 0.6 is 23.7 Å². The lowest BCUT2D eigenvalue weighted by Gasteiger charge is -2.33. The van der Waals surface area contributed by atoms with E-state index in [-0.39, 0.29) is 23.9 Å². The summed E-state index contributed by atoms with van der Waals surface area (Å²) in [7, 11) is 0. The number of amides is 1. The summed E-state index contributed by atoms with van der Waals surface area (Å²) >= 11 is 1.74. The molecule has 3 nitrogen and oxygen atoms in total. The number of hydrogen-bond acceptors (Lipinski definition) is 3. The van der Waals surface area contributed by atoms with E-state index in [1.807, 2.05) is 6.92 Å². The maximum atomic E-state index is 12.1. The van der Waals surface area contributed by atoms with Crippen molar-refractivity contribution in [1.29, 1.82) is 0 Å². The van der Waals surface area contributed by atoms with Crippen LogP contribution in [0.1, 0.15) is 35.9 Å². The SMILES string of the molecule is Cc1ccc(CNC(=O)C2(C)CCCCN2)s1.Cl. The van der Waals surface area contributed by atoms with Crippen molar-refractivity contribution >= 4 is 29.7 Å². The zero-order valence-electron chi connectivity index (χ0n) is 10.9. The van der Waals surface area contributed by atoms with E-state index in [1.54, 1.807) is 11.3 Å². The predicted octanol–water partition coefficient (Wildman–Crippen LogP) is 2.63. The van der Waals surface area contributed by atoms with Crippen LogP contribution in [0.3, 0.4) is 0 Å². The number of carbonyl (C=O) groups is 1. The summed E-state index contributed by atoms with van der Waals surface area (Å²) in [6.07, 6.45) is 3.24. The number of nitrogens with one attached hydrogen (secondary N) is 2. The first-order valence-corrected chi connectivity index (χ1v) is 7.00. The van der Waals surface area contributed by atoms with E-state index in [1.165, 1.54) is 16.2 Å². The van der Waals surface area contributed by atoms with Gasteiger partial charge >= 0.3 is 0 Å². The number of aryl methyl sites for hydroxylation is 1. The Morgan fingerprint density at radius 2 is 2.28 bits per heavy atom. The van der Waals surface area contributed by atoms with Gasteiger partial charge in [0, 0.05) is 9.75 Å². The quantitative estimate of drug-likeness (QED) is 0.898. The zero-order chi connectivity index (χ0) is 12.3. The van der Waals surface area contributed by atoms with E-state index >= 15 is 0 Å². The molecular weight excluding hydrogens is 268 g/mol. The summed E-state index contributed by atoms with van der Waals surface area (Å²) in [5.74, 6) is 0.128. The van der Waals surface area contributed by atoms with E-state index in [0.29, 0.717) is 6.54 Å². The van der Waals surface area contributed by atoms with E-state index in [4.69, 9.17) is 0 Å². The second-order valence-electron chi connectivity index (χ2n) is 4.91. The highest BCUT2D eigenvalue weighted by molar-refractivity contribution is 7.11. The van der Waals surface area contributed by atoms with Crippen molar-refractivity contribution in [2.75, 3.05) is 6.54 Å². The number of carbonyl (C=O) groups excluding carboxylic acids is 1. The van der Waals surface area contributed by atoms with Gasteiger partial charge in [0.2, 0.25) is 5.91 Å². The Morgan fingerprint density at radius 1 is 1.50 bits per heavy atom. The summed E-state index contributed by atoms with van der Waals surface area (Å²) in [6.45, 7) is 5.68. The van der Waals surface area contributed by atoms with Crippen LogP contribution in [0.2, 0.25) is 0 Å². The summed E-state index contributed by atoms with van der Waals surface area (Å²) in [5.41, 5.74) is -0.370. The molecule has 1 saturated heterocycles. The van der Waals surface area contributed by atoms with Gasteiger partial charge in [0.1, 0.15) is 0 Å². The van der Waals surface area contributed by atoms with Gasteiger partial charge in [-0.05, 0) is 51.8 Å². The molecule has 1 unspecified atom stereocenters. The van der Waals surface area contributed by atoms with Crippen LogP contribution in [0, 0.1) is 6.92 Å². The molecule has 0 saturated carbocycles. The number of thiophene rings is 1. The first kappa shape index (κ1) is 15.5. The Labute approximate surface area is 119 Å². The van der Waals surface area contributed by atoms with E-state index in [0.717, 1.165) is 19.4 Å². The van der Waals surface area contributed by atoms with E-state index < -0.39 is 0 Å². The molecule has 2 heterocycles. The van der Waals surface area contributed by atoms with Gasteiger partial charge in [-0.25, -0.2) is 0 Å². The molecule has 1 aromatic rings. The smallest absolute Gasteiger partial charge is 0.240 e. The molecule has 2 N–H and O–H groups in total. The largest absolute Gasteiger partial charge is 0.350 e. The van der Waals surface area contributed by atoms with Crippen molar-refractivity contribution in [3.8, 4) is 0 Å². The Kier molecular flexibility index (Phi) is 5.63. The van der Waals surface area contributed by atoms with E-state index in [9.17, 15) is 4.79 Å². The van der Waals surface area contributed by atoms with Crippen molar-refractivity contribution in [2.45, 2.75) is 45.2 Å². The van der Waals surface area contributed by atoms with Gasteiger partial charge in [-0.2, -0.15) is 0 Å². The van der Waals surface area contributed by atoms with Gasteiger partial charge in [-0.3, -0.25) is 4.79 Å². The van der Waals surface area contributed by atoms with Gasteiger partial charge in [0.05, 0.1) is 12.1 Å². The van der Waals surface area contributed by atoms with Crippen molar-refractivity contribution in [2.24, 2.45) is 0 Å².